The van der Waals surface area contributed by atoms with Crippen molar-refractivity contribution in [1.29, 1.82) is 0 Å². The van der Waals surface area contributed by atoms with E-state index < -0.39 is 0 Å². The first-order chi connectivity index (χ1) is 13.2. The fraction of sp³-hybridized carbons (Fsp3) is 0.750. The predicted molar refractivity (Wildman–Crippen MR) is 113 cm³/mol. The molecule has 7 heteroatoms. The molecule has 1 atom stereocenters. The molecule has 0 spiro atoms. The molecule has 1 aliphatic heterocycles. The van der Waals surface area contributed by atoms with Crippen molar-refractivity contribution < 1.29 is 0 Å². The molecule has 0 bridgehead atoms. The van der Waals surface area contributed by atoms with Crippen molar-refractivity contribution in [3.8, 4) is 0 Å². The molecule has 27 heavy (non-hydrogen) atoms. The van der Waals surface area contributed by atoms with Crippen LogP contribution in [0.2, 0.25) is 0 Å². The maximum absolute atomic E-state index is 4.36. The van der Waals surface area contributed by atoms with Crippen LogP contribution in [0.1, 0.15) is 46.0 Å². The predicted octanol–water partition coefficient (Wildman–Crippen LogP) is 2.12. The van der Waals surface area contributed by atoms with E-state index in [0.29, 0.717) is 6.04 Å². The van der Waals surface area contributed by atoms with Crippen LogP contribution >= 0.6 is 0 Å². The van der Waals surface area contributed by atoms with Gasteiger partial charge in [0, 0.05) is 64.8 Å². The van der Waals surface area contributed by atoms with E-state index in [-0.39, 0.29) is 0 Å². The molecule has 0 radical (unpaired) electrons. The second kappa shape index (κ2) is 12.5. The Bertz CT molecular complexity index is 526. The van der Waals surface area contributed by atoms with Gasteiger partial charge in [-0.15, -0.1) is 0 Å². The standard InChI is InChI=1S/C20H37N7/c1-4-5-6-7-9-18(2)25-19(21-3)22-12-13-26-14-16-27(17-15-26)20-23-10-8-11-24-20/h8,10-11,18H,4-7,9,12-17H2,1-3H3,(H2,21,22,25). The monoisotopic (exact) mass is 375 g/mol. The molecule has 1 aromatic rings. The first-order valence-corrected chi connectivity index (χ1v) is 10.4. The average molecular weight is 376 g/mol. The number of piperazine rings is 1. The van der Waals surface area contributed by atoms with Crippen molar-refractivity contribution >= 4 is 11.9 Å². The second-order valence-corrected chi connectivity index (χ2v) is 7.27. The summed E-state index contributed by atoms with van der Waals surface area (Å²) in [5.41, 5.74) is 0. The smallest absolute Gasteiger partial charge is 0.225 e. The fourth-order valence-corrected chi connectivity index (χ4v) is 3.34. The van der Waals surface area contributed by atoms with Crippen LogP contribution in [-0.4, -0.2) is 73.2 Å². The highest BCUT2D eigenvalue weighted by Gasteiger charge is 2.18. The number of anilines is 1. The molecule has 2 rings (SSSR count). The molecule has 0 aliphatic carbocycles. The third-order valence-corrected chi connectivity index (χ3v) is 5.03. The van der Waals surface area contributed by atoms with Crippen LogP contribution in [0, 0.1) is 0 Å². The summed E-state index contributed by atoms with van der Waals surface area (Å²) in [6.45, 7) is 10.5. The quantitative estimate of drug-likeness (QED) is 0.371. The molecule has 0 amide bonds. The molecule has 0 aromatic carbocycles. The van der Waals surface area contributed by atoms with Gasteiger partial charge in [-0.1, -0.05) is 32.6 Å². The van der Waals surface area contributed by atoms with E-state index in [0.717, 1.165) is 51.2 Å². The van der Waals surface area contributed by atoms with Crippen LogP contribution in [0.25, 0.3) is 0 Å². The van der Waals surface area contributed by atoms with Crippen molar-refractivity contribution in [2.45, 2.75) is 52.0 Å². The van der Waals surface area contributed by atoms with E-state index in [9.17, 15) is 0 Å². The van der Waals surface area contributed by atoms with E-state index >= 15 is 0 Å². The van der Waals surface area contributed by atoms with Crippen LogP contribution in [-0.2, 0) is 0 Å². The first-order valence-electron chi connectivity index (χ1n) is 10.4. The Morgan fingerprint density at radius 3 is 2.56 bits per heavy atom. The number of aliphatic imine (C=N–C) groups is 1. The van der Waals surface area contributed by atoms with Gasteiger partial charge in [0.25, 0.3) is 0 Å². The lowest BCUT2D eigenvalue weighted by molar-refractivity contribution is 0.260. The third kappa shape index (κ3) is 8.12. The van der Waals surface area contributed by atoms with E-state index in [1.807, 2.05) is 25.5 Å². The third-order valence-electron chi connectivity index (χ3n) is 5.03. The zero-order valence-electron chi connectivity index (χ0n) is 17.3. The number of nitrogens with one attached hydrogen (secondary N) is 2. The molecule has 7 nitrogen and oxygen atoms in total. The molecular formula is C20H37N7. The van der Waals surface area contributed by atoms with Crippen molar-refractivity contribution in [3.63, 3.8) is 0 Å². The van der Waals surface area contributed by atoms with Crippen molar-refractivity contribution in [1.82, 2.24) is 25.5 Å². The maximum atomic E-state index is 4.36. The molecule has 1 aliphatic rings. The first kappa shape index (κ1) is 21.4. The summed E-state index contributed by atoms with van der Waals surface area (Å²) in [5.74, 6) is 1.75. The van der Waals surface area contributed by atoms with Gasteiger partial charge in [-0.2, -0.15) is 0 Å². The Morgan fingerprint density at radius 1 is 1.15 bits per heavy atom. The van der Waals surface area contributed by atoms with Crippen molar-refractivity contribution in [2.75, 3.05) is 51.2 Å². The Morgan fingerprint density at radius 2 is 1.89 bits per heavy atom. The second-order valence-electron chi connectivity index (χ2n) is 7.27. The van der Waals surface area contributed by atoms with Gasteiger partial charge in [0.05, 0.1) is 0 Å². The van der Waals surface area contributed by atoms with Gasteiger partial charge in [0.15, 0.2) is 5.96 Å². The van der Waals surface area contributed by atoms with E-state index in [4.69, 9.17) is 0 Å². The van der Waals surface area contributed by atoms with Crippen LogP contribution in [0.5, 0.6) is 0 Å². The summed E-state index contributed by atoms with van der Waals surface area (Å²) >= 11 is 0. The summed E-state index contributed by atoms with van der Waals surface area (Å²) in [6.07, 6.45) is 10.1. The number of unbranched alkanes of at least 4 members (excludes halogenated alkanes) is 3. The minimum Gasteiger partial charge on any atom is -0.355 e. The fourth-order valence-electron chi connectivity index (χ4n) is 3.34. The largest absolute Gasteiger partial charge is 0.355 e. The van der Waals surface area contributed by atoms with Crippen LogP contribution in [0.3, 0.4) is 0 Å². The Labute approximate surface area is 164 Å². The number of hydrogen-bond donors (Lipinski definition) is 2. The summed E-state index contributed by atoms with van der Waals surface area (Å²) in [6, 6.07) is 2.32. The van der Waals surface area contributed by atoms with E-state index in [2.05, 4.69) is 49.2 Å². The average Bonchev–Trinajstić information content (AvgIpc) is 2.71. The Balaban J connectivity index is 1.59. The van der Waals surface area contributed by atoms with Crippen LogP contribution in [0.4, 0.5) is 5.95 Å². The van der Waals surface area contributed by atoms with Crippen LogP contribution < -0.4 is 15.5 Å². The van der Waals surface area contributed by atoms with Crippen molar-refractivity contribution in [2.24, 2.45) is 4.99 Å². The SMILES string of the molecule is CCCCCCC(C)NC(=NC)NCCN1CCN(c2ncccn2)CC1. The number of aromatic nitrogens is 2. The van der Waals surface area contributed by atoms with Gasteiger partial charge in [0.1, 0.15) is 0 Å². The molecular weight excluding hydrogens is 338 g/mol. The van der Waals surface area contributed by atoms with Gasteiger partial charge in [-0.05, 0) is 19.4 Å². The number of rotatable bonds is 10. The van der Waals surface area contributed by atoms with E-state index in [1.165, 1.54) is 32.1 Å². The minimum atomic E-state index is 0.461. The highest BCUT2D eigenvalue weighted by molar-refractivity contribution is 5.79. The van der Waals surface area contributed by atoms with Gasteiger partial charge in [0.2, 0.25) is 5.95 Å². The summed E-state index contributed by atoms with van der Waals surface area (Å²) in [4.78, 5) is 17.8. The zero-order valence-corrected chi connectivity index (χ0v) is 17.3. The van der Waals surface area contributed by atoms with Crippen LogP contribution in [0.15, 0.2) is 23.5 Å². The minimum absolute atomic E-state index is 0.461. The van der Waals surface area contributed by atoms with Gasteiger partial charge < -0.3 is 15.5 Å². The maximum Gasteiger partial charge on any atom is 0.225 e. The summed E-state index contributed by atoms with van der Waals surface area (Å²) in [5, 5.41) is 6.96. The lowest BCUT2D eigenvalue weighted by Crippen LogP contribution is -2.50. The molecule has 1 saturated heterocycles. The lowest BCUT2D eigenvalue weighted by atomic mass is 10.1. The number of nitrogens with zero attached hydrogens (tertiary/aromatic N) is 5. The van der Waals surface area contributed by atoms with Gasteiger partial charge in [-0.3, -0.25) is 9.89 Å². The van der Waals surface area contributed by atoms with Gasteiger partial charge >= 0.3 is 0 Å². The Kier molecular flexibility index (Phi) is 9.90. The topological polar surface area (TPSA) is 68.7 Å². The summed E-state index contributed by atoms with van der Waals surface area (Å²) in [7, 11) is 1.85. The van der Waals surface area contributed by atoms with E-state index in [1.54, 1.807) is 0 Å². The molecule has 1 aromatic heterocycles. The number of guanidine groups is 1. The molecule has 0 saturated carbocycles. The highest BCUT2D eigenvalue weighted by Crippen LogP contribution is 2.09. The molecule has 1 fully saturated rings. The molecule has 2 N–H and O–H groups in total. The summed E-state index contributed by atoms with van der Waals surface area (Å²) < 4.78 is 0. The molecule has 152 valence electrons. The Hall–Kier alpha value is -1.89. The van der Waals surface area contributed by atoms with Crippen molar-refractivity contribution in [3.05, 3.63) is 18.5 Å². The molecule has 2 heterocycles. The highest BCUT2D eigenvalue weighted by atomic mass is 15.3. The lowest BCUT2D eigenvalue weighted by Gasteiger charge is -2.34. The normalized spacial score (nSPS) is 17.0. The number of hydrogen-bond acceptors (Lipinski definition) is 5. The molecule has 1 unspecified atom stereocenters. The zero-order chi connectivity index (χ0) is 19.3. The van der Waals surface area contributed by atoms with Gasteiger partial charge in [-0.25, -0.2) is 9.97 Å².